The highest BCUT2D eigenvalue weighted by Gasteiger charge is 2.35. The average molecular weight is 1150 g/mol. The number of amides is 9. The van der Waals surface area contributed by atoms with Gasteiger partial charge in [0.15, 0.2) is 5.96 Å². The zero-order valence-electron chi connectivity index (χ0n) is 47.1. The van der Waals surface area contributed by atoms with E-state index in [0.29, 0.717) is 29.7 Å². The molecule has 2 aromatic heterocycles. The number of hydrogen-bond donors (Lipinski definition) is 13. The number of para-hydroxylation sites is 1. The summed E-state index contributed by atoms with van der Waals surface area (Å²) >= 11 is 0. The fraction of sp³-hybridized carbons (Fsp3) is 0.383. The molecule has 0 aliphatic carbocycles. The largest absolute Gasteiger partial charge is 0.370 e. The molecule has 1 fully saturated rings. The maximum Gasteiger partial charge on any atom is 0.243 e. The van der Waals surface area contributed by atoms with Gasteiger partial charge in [0.1, 0.15) is 42.3 Å². The van der Waals surface area contributed by atoms with Crippen LogP contribution >= 0.6 is 0 Å². The number of H-pyrrole nitrogens is 2. The Morgan fingerprint density at radius 2 is 1.36 bits per heavy atom. The fourth-order valence-electron chi connectivity index (χ4n) is 10.1. The predicted octanol–water partition coefficient (Wildman–Crippen LogP) is 1.57. The molecule has 0 spiro atoms. The van der Waals surface area contributed by atoms with Gasteiger partial charge in [-0.2, -0.15) is 0 Å². The lowest BCUT2D eigenvalue weighted by Gasteiger charge is -2.28. The van der Waals surface area contributed by atoms with Crippen molar-refractivity contribution in [2.75, 3.05) is 13.1 Å². The summed E-state index contributed by atoms with van der Waals surface area (Å²) in [5.74, 6) is -7.17. The third-order valence-electron chi connectivity index (χ3n) is 14.5. The number of carbonyl (C=O) groups is 9. The number of imidazole rings is 1. The first-order valence-electron chi connectivity index (χ1n) is 28.3. The quantitative estimate of drug-likeness (QED) is 0.0332. The molecule has 24 nitrogen and oxygen atoms in total. The van der Waals surface area contributed by atoms with E-state index in [1.165, 1.54) is 19.4 Å². The van der Waals surface area contributed by atoms with Crippen molar-refractivity contribution < 1.29 is 43.2 Å². The molecule has 4 aromatic carbocycles. The van der Waals surface area contributed by atoms with Crippen molar-refractivity contribution in [3.05, 3.63) is 127 Å². The highest BCUT2D eigenvalue weighted by molar-refractivity contribution is 6.00. The van der Waals surface area contributed by atoms with Crippen LogP contribution in [0.3, 0.4) is 0 Å². The third kappa shape index (κ3) is 17.9. The number of nitrogens with one attached hydrogen (secondary N) is 10. The van der Waals surface area contributed by atoms with Crippen LogP contribution in [0.5, 0.6) is 0 Å². The second-order valence-electron chi connectivity index (χ2n) is 20.9. The Morgan fingerprint density at radius 3 is 2.06 bits per heavy atom. The Hall–Kier alpha value is -9.61. The first-order valence-corrected chi connectivity index (χ1v) is 28.3. The highest BCUT2D eigenvalue weighted by Crippen LogP contribution is 2.29. The van der Waals surface area contributed by atoms with Crippen molar-refractivity contribution in [1.29, 1.82) is 0 Å². The van der Waals surface area contributed by atoms with Crippen LogP contribution in [0.1, 0.15) is 88.5 Å². The summed E-state index contributed by atoms with van der Waals surface area (Å²) in [4.78, 5) is 141. The molecule has 24 heteroatoms. The highest BCUT2D eigenvalue weighted by atomic mass is 16.2. The average Bonchev–Trinajstić information content (AvgIpc) is 4.29. The normalized spacial score (nSPS) is 20.2. The summed E-state index contributed by atoms with van der Waals surface area (Å²) in [5, 5.41) is 24.7. The van der Waals surface area contributed by atoms with E-state index in [-0.39, 0.29) is 76.8 Å². The van der Waals surface area contributed by atoms with Crippen LogP contribution in [0.2, 0.25) is 0 Å². The van der Waals surface area contributed by atoms with Gasteiger partial charge in [0.2, 0.25) is 53.2 Å². The minimum absolute atomic E-state index is 0.0313. The summed E-state index contributed by atoms with van der Waals surface area (Å²) in [5.41, 5.74) is 21.4. The van der Waals surface area contributed by atoms with E-state index < -0.39 is 102 Å². The molecule has 16 N–H and O–H groups in total. The summed E-state index contributed by atoms with van der Waals surface area (Å²) in [6, 6.07) is 19.1. The van der Waals surface area contributed by atoms with Gasteiger partial charge < -0.3 is 69.7 Å². The number of fused-ring (bicyclic) bond motifs is 2. The van der Waals surface area contributed by atoms with E-state index in [0.717, 1.165) is 32.8 Å². The van der Waals surface area contributed by atoms with Crippen molar-refractivity contribution in [2.45, 2.75) is 133 Å². The standard InChI is InChI=1S/C60H75N15O9/c1-3-4-18-46(69-35(2)76)54(79)75-51-31-52(77)65-26-10-9-20-45(53(61)78)70-57(82)49(29-39-32-67-44-19-8-7-16-43(39)44)73-55(80)47(21-12-27-66-60(62)63)71-56(81)48(72-58(83)50(74-59(51)84)30-40-33-64-34-68-40)28-36-22-24-38(25-23-36)42-17-11-14-37-13-5-6-15-41(37)42/h5-8,11,13-17,19,22-25,32-34,45-51,67H,3-4,9-10,12,18,20-21,26-31H2,1-2H3,(H2,61,78)(H,64,68)(H,65,77)(H,69,76)(H,70,82)(H,71,81)(H,72,83)(H,73,80)(H,74,84)(H,75,79)(H4,62,63,66)/t45-,46-,47-,48+,49-,50-,51-/m0/s1. The number of guanidine groups is 1. The van der Waals surface area contributed by atoms with Gasteiger partial charge in [-0.1, -0.05) is 105 Å². The van der Waals surface area contributed by atoms with Gasteiger partial charge in [-0.3, -0.25) is 48.1 Å². The van der Waals surface area contributed by atoms with Gasteiger partial charge in [-0.15, -0.1) is 0 Å². The minimum atomic E-state index is -1.60. The van der Waals surface area contributed by atoms with Crippen molar-refractivity contribution in [2.24, 2.45) is 22.2 Å². The van der Waals surface area contributed by atoms with Crippen molar-refractivity contribution >= 4 is 80.8 Å². The molecule has 3 heterocycles. The van der Waals surface area contributed by atoms with Crippen molar-refractivity contribution in [1.82, 2.24) is 57.5 Å². The van der Waals surface area contributed by atoms with E-state index >= 15 is 4.79 Å². The Morgan fingerprint density at radius 1 is 0.702 bits per heavy atom. The number of aromatic nitrogens is 3. The van der Waals surface area contributed by atoms with E-state index in [4.69, 9.17) is 17.2 Å². The molecule has 0 saturated carbocycles. The number of nitrogens with two attached hydrogens (primary N) is 3. The lowest BCUT2D eigenvalue weighted by atomic mass is 9.96. The lowest BCUT2D eigenvalue weighted by molar-refractivity contribution is -0.136. The molecule has 84 heavy (non-hydrogen) atoms. The fourth-order valence-corrected chi connectivity index (χ4v) is 10.1. The molecule has 1 aliphatic rings. The SMILES string of the molecule is CCCC[C@H](NC(C)=O)C(=O)N[C@H]1CC(=O)NCCCC[C@@H](C(N)=O)NC(=O)[C@H](Cc2c[nH]c3ccccc23)NC(=O)[C@H](CCCN=C(N)N)NC(=O)[C@@H](Cc2ccc(-c3cccc4ccccc34)cc2)NC(=O)[C@H](Cc2cnc[nH]2)NC1=O. The molecule has 1 aliphatic heterocycles. The number of benzene rings is 4. The first kappa shape index (κ1) is 62.0. The number of primary amides is 1. The number of hydrogen-bond acceptors (Lipinski definition) is 11. The molecule has 7 atom stereocenters. The summed E-state index contributed by atoms with van der Waals surface area (Å²) in [7, 11) is 0. The number of rotatable bonds is 18. The zero-order chi connectivity index (χ0) is 60.1. The van der Waals surface area contributed by atoms with Gasteiger partial charge in [0.05, 0.1) is 12.7 Å². The molecule has 1 saturated heterocycles. The number of aromatic amines is 2. The molecule has 0 unspecified atom stereocenters. The summed E-state index contributed by atoms with van der Waals surface area (Å²) in [6.45, 7) is 3.24. The van der Waals surface area contributed by atoms with Gasteiger partial charge in [-0.25, -0.2) is 4.98 Å². The smallest absolute Gasteiger partial charge is 0.243 e. The second kappa shape index (κ2) is 30.4. The van der Waals surface area contributed by atoms with Crippen molar-refractivity contribution in [3.63, 3.8) is 0 Å². The van der Waals surface area contributed by atoms with Gasteiger partial charge >= 0.3 is 0 Å². The predicted molar refractivity (Wildman–Crippen MR) is 317 cm³/mol. The molecule has 7 rings (SSSR count). The number of unbranched alkanes of at least 4 members (excludes halogenated alkanes) is 1. The van der Waals surface area contributed by atoms with E-state index in [9.17, 15) is 38.4 Å². The van der Waals surface area contributed by atoms with Crippen LogP contribution in [0.4, 0.5) is 0 Å². The van der Waals surface area contributed by atoms with Crippen LogP contribution < -0.4 is 59.7 Å². The number of aliphatic imine (C=N–C) groups is 1. The molecular weight excluding hydrogens is 1070 g/mol. The van der Waals surface area contributed by atoms with E-state index in [2.05, 4.69) is 62.5 Å². The minimum Gasteiger partial charge on any atom is -0.370 e. The monoisotopic (exact) mass is 1150 g/mol. The van der Waals surface area contributed by atoms with Gasteiger partial charge in [0, 0.05) is 68.3 Å². The molecule has 9 amide bonds. The van der Waals surface area contributed by atoms with Crippen molar-refractivity contribution in [3.8, 4) is 11.1 Å². The van der Waals surface area contributed by atoms with E-state index in [1.807, 2.05) is 97.9 Å². The molecular formula is C60H75N15O9. The van der Waals surface area contributed by atoms with Gasteiger partial charge in [0.25, 0.3) is 0 Å². The number of carbonyl (C=O) groups excluding carboxylic acids is 9. The molecule has 6 aromatic rings. The topological polar surface area (TPSA) is 385 Å². The Balaban J connectivity index is 1.28. The lowest BCUT2D eigenvalue weighted by Crippen LogP contribution is -2.61. The third-order valence-corrected chi connectivity index (χ3v) is 14.5. The van der Waals surface area contributed by atoms with Gasteiger partial charge in [-0.05, 0) is 77.6 Å². The molecule has 0 radical (unpaired) electrons. The van der Waals surface area contributed by atoms with Crippen LogP contribution in [-0.2, 0) is 62.4 Å². The van der Waals surface area contributed by atoms with Crippen LogP contribution in [0.15, 0.2) is 115 Å². The Bertz CT molecular complexity index is 3300. The zero-order valence-corrected chi connectivity index (χ0v) is 47.1. The maximum atomic E-state index is 15.1. The summed E-state index contributed by atoms with van der Waals surface area (Å²) in [6.07, 6.45) is 5.56. The number of nitrogens with zero attached hydrogens (tertiary/aromatic N) is 2. The maximum absolute atomic E-state index is 15.1. The van der Waals surface area contributed by atoms with E-state index in [1.54, 1.807) is 6.20 Å². The first-order chi connectivity index (χ1) is 40.5. The molecule has 0 bridgehead atoms. The van der Waals surface area contributed by atoms with Crippen LogP contribution in [0, 0.1) is 0 Å². The van der Waals surface area contributed by atoms with Crippen LogP contribution in [-0.4, -0.2) is 129 Å². The Kier molecular flexibility index (Phi) is 22.5. The second-order valence-corrected chi connectivity index (χ2v) is 20.9. The molecule has 444 valence electrons. The summed E-state index contributed by atoms with van der Waals surface area (Å²) < 4.78 is 0. The van der Waals surface area contributed by atoms with Crippen LogP contribution in [0.25, 0.3) is 32.8 Å². The Labute approximate surface area is 485 Å².